The van der Waals surface area contributed by atoms with Crippen LogP contribution in [0.5, 0.6) is 5.75 Å². The summed E-state index contributed by atoms with van der Waals surface area (Å²) in [6.07, 6.45) is 1.43. The zero-order valence-corrected chi connectivity index (χ0v) is 18.6. The van der Waals surface area contributed by atoms with Crippen LogP contribution < -0.4 is 10.1 Å². The molecule has 3 rings (SSSR count). The van der Waals surface area contributed by atoms with Crippen molar-refractivity contribution in [3.8, 4) is 17.5 Å². The number of ether oxygens (including phenoxy) is 1. The number of carboxylic acid groups (broad SMARTS) is 2. The zero-order chi connectivity index (χ0) is 25.0. The van der Waals surface area contributed by atoms with E-state index in [4.69, 9.17) is 4.74 Å². The Balaban J connectivity index is 1.99. The van der Waals surface area contributed by atoms with Crippen LogP contribution in [-0.2, 0) is 4.79 Å². The molecule has 9 heteroatoms. The number of nitriles is 1. The Hall–Kier alpha value is -4.84. The Bertz CT molecular complexity index is 1330. The fraction of sp³-hybridized carbons (Fsp3) is 0.120. The average molecular weight is 459 g/mol. The Morgan fingerprint density at radius 3 is 2.09 bits per heavy atom. The van der Waals surface area contributed by atoms with E-state index in [2.05, 4.69) is 5.32 Å². The Labute approximate surface area is 195 Å². The monoisotopic (exact) mass is 459 g/mol. The van der Waals surface area contributed by atoms with Gasteiger partial charge in [0.1, 0.15) is 17.4 Å². The lowest BCUT2D eigenvalue weighted by Crippen LogP contribution is -2.13. The van der Waals surface area contributed by atoms with Gasteiger partial charge in [-0.2, -0.15) is 5.26 Å². The number of aromatic nitrogens is 1. The van der Waals surface area contributed by atoms with Crippen LogP contribution in [0.2, 0.25) is 0 Å². The van der Waals surface area contributed by atoms with Crippen LogP contribution in [0.4, 0.5) is 5.69 Å². The van der Waals surface area contributed by atoms with Gasteiger partial charge in [-0.25, -0.2) is 9.59 Å². The van der Waals surface area contributed by atoms with Crippen molar-refractivity contribution in [3.05, 3.63) is 82.2 Å². The van der Waals surface area contributed by atoms with E-state index in [0.29, 0.717) is 34.1 Å². The van der Waals surface area contributed by atoms with E-state index in [0.717, 1.165) is 6.07 Å². The number of carbonyl (C=O) groups excluding carboxylic acids is 1. The molecule has 172 valence electrons. The van der Waals surface area contributed by atoms with Crippen molar-refractivity contribution in [2.24, 2.45) is 0 Å². The summed E-state index contributed by atoms with van der Waals surface area (Å²) in [5.41, 5.74) is 2.17. The first-order valence-corrected chi connectivity index (χ1v) is 10.0. The van der Waals surface area contributed by atoms with Crippen molar-refractivity contribution >= 4 is 29.6 Å². The molecule has 9 nitrogen and oxygen atoms in total. The molecule has 0 spiro atoms. The largest absolute Gasteiger partial charge is 0.497 e. The summed E-state index contributed by atoms with van der Waals surface area (Å²) in [5.74, 6) is -2.49. The summed E-state index contributed by atoms with van der Waals surface area (Å²) < 4.78 is 6.75. The molecule has 0 bridgehead atoms. The maximum absolute atomic E-state index is 12.6. The van der Waals surface area contributed by atoms with Crippen molar-refractivity contribution in [1.82, 2.24) is 4.57 Å². The van der Waals surface area contributed by atoms with Crippen LogP contribution >= 0.6 is 0 Å². The molecule has 0 aliphatic carbocycles. The second-order valence-electron chi connectivity index (χ2n) is 7.39. The Morgan fingerprint density at radius 1 is 1.00 bits per heavy atom. The van der Waals surface area contributed by atoms with Gasteiger partial charge in [0.25, 0.3) is 5.91 Å². The highest BCUT2D eigenvalue weighted by atomic mass is 16.5. The molecule has 1 heterocycles. The third-order valence-corrected chi connectivity index (χ3v) is 5.15. The molecule has 3 aromatic rings. The number of carbonyl (C=O) groups is 3. The second kappa shape index (κ2) is 9.75. The van der Waals surface area contributed by atoms with Crippen LogP contribution in [0.15, 0.2) is 54.1 Å². The maximum Gasteiger partial charge on any atom is 0.335 e. The van der Waals surface area contributed by atoms with Crippen LogP contribution in [0.25, 0.3) is 11.8 Å². The molecule has 0 radical (unpaired) electrons. The number of aryl methyl sites for hydroxylation is 1. The summed E-state index contributed by atoms with van der Waals surface area (Å²) in [7, 11) is 1.53. The molecule has 0 unspecified atom stereocenters. The first-order valence-electron chi connectivity index (χ1n) is 10.0. The van der Waals surface area contributed by atoms with Crippen LogP contribution in [0.3, 0.4) is 0 Å². The van der Waals surface area contributed by atoms with E-state index >= 15 is 0 Å². The number of carboxylic acids is 2. The van der Waals surface area contributed by atoms with Crippen molar-refractivity contribution < 1.29 is 29.3 Å². The topological polar surface area (TPSA) is 142 Å². The van der Waals surface area contributed by atoms with Gasteiger partial charge in [-0.05, 0) is 74.0 Å². The lowest BCUT2D eigenvalue weighted by atomic mass is 10.1. The molecular weight excluding hydrogens is 438 g/mol. The highest BCUT2D eigenvalue weighted by Gasteiger charge is 2.17. The van der Waals surface area contributed by atoms with Crippen molar-refractivity contribution in [3.63, 3.8) is 0 Å². The van der Waals surface area contributed by atoms with Gasteiger partial charge in [0.15, 0.2) is 0 Å². The van der Waals surface area contributed by atoms with Gasteiger partial charge in [-0.15, -0.1) is 0 Å². The number of methoxy groups -OCH3 is 1. The fourth-order valence-electron chi connectivity index (χ4n) is 3.50. The predicted octanol–water partition coefficient (Wildman–Crippen LogP) is 4.04. The van der Waals surface area contributed by atoms with Gasteiger partial charge in [0.2, 0.25) is 0 Å². The third-order valence-electron chi connectivity index (χ3n) is 5.15. The van der Waals surface area contributed by atoms with Crippen LogP contribution in [-0.4, -0.2) is 39.7 Å². The first kappa shape index (κ1) is 23.8. The molecule has 2 aromatic carbocycles. The number of rotatable bonds is 7. The van der Waals surface area contributed by atoms with E-state index < -0.39 is 17.8 Å². The molecule has 0 fully saturated rings. The summed E-state index contributed by atoms with van der Waals surface area (Å²) in [6, 6.07) is 14.1. The van der Waals surface area contributed by atoms with Crippen LogP contribution in [0, 0.1) is 25.2 Å². The summed E-state index contributed by atoms with van der Waals surface area (Å²) in [6.45, 7) is 3.48. The highest BCUT2D eigenvalue weighted by Crippen LogP contribution is 2.25. The average Bonchev–Trinajstić information content (AvgIpc) is 3.09. The Kier molecular flexibility index (Phi) is 6.83. The minimum atomic E-state index is -1.26. The summed E-state index contributed by atoms with van der Waals surface area (Å²) in [5, 5.41) is 31.0. The number of hydrogen-bond donors (Lipinski definition) is 3. The zero-order valence-electron chi connectivity index (χ0n) is 18.6. The summed E-state index contributed by atoms with van der Waals surface area (Å²) in [4.78, 5) is 35.6. The van der Waals surface area contributed by atoms with Gasteiger partial charge >= 0.3 is 11.9 Å². The van der Waals surface area contributed by atoms with Gasteiger partial charge in [0, 0.05) is 22.8 Å². The number of anilines is 1. The molecular formula is C25H21N3O6. The fourth-order valence-corrected chi connectivity index (χ4v) is 3.50. The maximum atomic E-state index is 12.6. The van der Waals surface area contributed by atoms with Crippen molar-refractivity contribution in [2.45, 2.75) is 13.8 Å². The molecule has 0 aliphatic rings. The quantitative estimate of drug-likeness (QED) is 0.357. The predicted molar refractivity (Wildman–Crippen MR) is 124 cm³/mol. The minimum Gasteiger partial charge on any atom is -0.497 e. The Morgan fingerprint density at radius 2 is 1.59 bits per heavy atom. The highest BCUT2D eigenvalue weighted by molar-refractivity contribution is 6.09. The minimum absolute atomic E-state index is 0.137. The van der Waals surface area contributed by atoms with Crippen LogP contribution in [0.1, 0.15) is 37.7 Å². The van der Waals surface area contributed by atoms with E-state index in [1.807, 2.05) is 6.07 Å². The molecule has 3 N–H and O–H groups in total. The number of nitrogens with one attached hydrogen (secondary N) is 1. The van der Waals surface area contributed by atoms with Gasteiger partial charge in [-0.1, -0.05) is 0 Å². The normalized spacial score (nSPS) is 10.9. The lowest BCUT2D eigenvalue weighted by molar-refractivity contribution is -0.112. The smallest absolute Gasteiger partial charge is 0.335 e. The second-order valence-corrected chi connectivity index (χ2v) is 7.39. The number of aromatic carboxylic acids is 2. The van der Waals surface area contributed by atoms with E-state index in [1.54, 1.807) is 48.7 Å². The van der Waals surface area contributed by atoms with E-state index in [-0.39, 0.29) is 16.7 Å². The van der Waals surface area contributed by atoms with Crippen molar-refractivity contribution in [2.75, 3.05) is 12.4 Å². The molecule has 1 aromatic heterocycles. The third kappa shape index (κ3) is 4.97. The molecule has 0 saturated heterocycles. The lowest BCUT2D eigenvalue weighted by Gasteiger charge is -2.12. The molecule has 0 atom stereocenters. The van der Waals surface area contributed by atoms with E-state index in [1.165, 1.54) is 25.3 Å². The number of hydrogen-bond acceptors (Lipinski definition) is 5. The summed E-state index contributed by atoms with van der Waals surface area (Å²) >= 11 is 0. The van der Waals surface area contributed by atoms with Gasteiger partial charge in [0.05, 0.1) is 18.2 Å². The number of benzene rings is 2. The SMILES string of the molecule is COc1ccc(NC(=O)/C(C#N)=C\c2cc(C)n(-c3cc(C(=O)O)cc(C(=O)O)c3)c2C)cc1. The van der Waals surface area contributed by atoms with Crippen molar-refractivity contribution in [1.29, 1.82) is 5.26 Å². The standard InChI is InChI=1S/C25H21N3O6/c1-14-8-16(9-19(13-26)23(29)27-20-4-6-22(34-3)7-5-20)15(2)28(14)21-11-17(24(30)31)10-18(12-21)25(32)33/h4-12H,1-3H3,(H,27,29)(H,30,31)(H,32,33)/b19-9-. The molecule has 1 amide bonds. The molecule has 0 saturated carbocycles. The van der Waals surface area contributed by atoms with E-state index in [9.17, 15) is 29.9 Å². The molecule has 34 heavy (non-hydrogen) atoms. The number of nitrogens with zero attached hydrogens (tertiary/aromatic N) is 2. The molecule has 0 aliphatic heterocycles. The van der Waals surface area contributed by atoms with Gasteiger partial charge < -0.3 is 24.8 Å². The number of amides is 1. The van der Waals surface area contributed by atoms with Gasteiger partial charge in [-0.3, -0.25) is 4.79 Å². The first-order chi connectivity index (χ1) is 16.1.